The molecule has 1 aliphatic heterocycles. The number of carbonyl (C=O) groups is 1. The molecule has 1 aliphatic rings. The predicted molar refractivity (Wildman–Crippen MR) is 81.3 cm³/mol. The van der Waals surface area contributed by atoms with E-state index in [0.717, 1.165) is 38.9 Å². The highest BCUT2D eigenvalue weighted by molar-refractivity contribution is 5.83. The van der Waals surface area contributed by atoms with E-state index >= 15 is 0 Å². The molecular formula is C16H25N3O. The molecule has 0 radical (unpaired) electrons. The van der Waals surface area contributed by atoms with Crippen LogP contribution in [0.15, 0.2) is 24.3 Å². The van der Waals surface area contributed by atoms with Crippen LogP contribution in [0.2, 0.25) is 0 Å². The summed E-state index contributed by atoms with van der Waals surface area (Å²) in [7, 11) is 0. The van der Waals surface area contributed by atoms with Gasteiger partial charge in [-0.25, -0.2) is 0 Å². The Bertz CT molecular complexity index is 444. The summed E-state index contributed by atoms with van der Waals surface area (Å²) in [5.41, 5.74) is 13.2. The van der Waals surface area contributed by atoms with Gasteiger partial charge in [-0.05, 0) is 50.3 Å². The van der Waals surface area contributed by atoms with E-state index in [1.54, 1.807) is 6.92 Å². The third-order valence-corrected chi connectivity index (χ3v) is 4.25. The SMILES string of the molecule is CC(N)(CCCN1CCc2ccccc2CC1)C(N)=O. The maximum Gasteiger partial charge on any atom is 0.237 e. The lowest BCUT2D eigenvalue weighted by Gasteiger charge is -2.24. The normalized spacial score (nSPS) is 18.9. The van der Waals surface area contributed by atoms with Gasteiger partial charge in [-0.2, -0.15) is 0 Å². The molecule has 0 spiro atoms. The van der Waals surface area contributed by atoms with Crippen LogP contribution in [0.1, 0.15) is 30.9 Å². The molecule has 1 aromatic rings. The number of primary amides is 1. The molecule has 4 nitrogen and oxygen atoms in total. The van der Waals surface area contributed by atoms with Crippen molar-refractivity contribution in [2.75, 3.05) is 19.6 Å². The van der Waals surface area contributed by atoms with Crippen molar-refractivity contribution in [3.63, 3.8) is 0 Å². The first-order valence-electron chi connectivity index (χ1n) is 7.37. The Morgan fingerprint density at radius 1 is 1.25 bits per heavy atom. The zero-order chi connectivity index (χ0) is 14.6. The van der Waals surface area contributed by atoms with Gasteiger partial charge in [-0.3, -0.25) is 4.79 Å². The van der Waals surface area contributed by atoms with Crippen molar-refractivity contribution in [1.29, 1.82) is 0 Å². The fourth-order valence-corrected chi connectivity index (χ4v) is 2.73. The number of fused-ring (bicyclic) bond motifs is 1. The van der Waals surface area contributed by atoms with Gasteiger partial charge in [-0.15, -0.1) is 0 Å². The van der Waals surface area contributed by atoms with Crippen molar-refractivity contribution < 1.29 is 4.79 Å². The Morgan fingerprint density at radius 3 is 2.30 bits per heavy atom. The van der Waals surface area contributed by atoms with E-state index in [0.29, 0.717) is 6.42 Å². The molecule has 0 saturated heterocycles. The molecule has 0 aliphatic carbocycles. The lowest BCUT2D eigenvalue weighted by molar-refractivity contribution is -0.122. The number of rotatable bonds is 5. The summed E-state index contributed by atoms with van der Waals surface area (Å²) in [6.07, 6.45) is 3.76. The van der Waals surface area contributed by atoms with E-state index < -0.39 is 11.4 Å². The molecule has 1 amide bonds. The Morgan fingerprint density at radius 2 is 1.80 bits per heavy atom. The monoisotopic (exact) mass is 275 g/mol. The Labute approximate surface area is 121 Å². The van der Waals surface area contributed by atoms with Gasteiger partial charge in [0.05, 0.1) is 5.54 Å². The van der Waals surface area contributed by atoms with Crippen LogP contribution in [0.5, 0.6) is 0 Å². The fourth-order valence-electron chi connectivity index (χ4n) is 2.73. The van der Waals surface area contributed by atoms with Crippen LogP contribution in [0.25, 0.3) is 0 Å². The van der Waals surface area contributed by atoms with Gasteiger partial charge in [0.2, 0.25) is 5.91 Å². The van der Waals surface area contributed by atoms with Crippen molar-refractivity contribution in [1.82, 2.24) is 4.90 Å². The molecule has 1 aromatic carbocycles. The molecule has 1 unspecified atom stereocenters. The van der Waals surface area contributed by atoms with Crippen LogP contribution < -0.4 is 11.5 Å². The minimum absolute atomic E-state index is 0.416. The number of benzene rings is 1. The van der Waals surface area contributed by atoms with E-state index in [-0.39, 0.29) is 0 Å². The fraction of sp³-hybridized carbons (Fsp3) is 0.562. The summed E-state index contributed by atoms with van der Waals surface area (Å²) in [6, 6.07) is 8.67. The lowest BCUT2D eigenvalue weighted by atomic mass is 9.96. The molecule has 4 heteroatoms. The summed E-state index contributed by atoms with van der Waals surface area (Å²) >= 11 is 0. The van der Waals surface area contributed by atoms with Gasteiger partial charge in [0.15, 0.2) is 0 Å². The minimum Gasteiger partial charge on any atom is -0.368 e. The van der Waals surface area contributed by atoms with E-state index in [2.05, 4.69) is 29.2 Å². The van der Waals surface area contributed by atoms with Crippen LogP contribution in [0.4, 0.5) is 0 Å². The molecule has 0 bridgehead atoms. The second-order valence-corrected chi connectivity index (χ2v) is 6.00. The van der Waals surface area contributed by atoms with Gasteiger partial charge in [0, 0.05) is 13.1 Å². The van der Waals surface area contributed by atoms with Gasteiger partial charge in [0.1, 0.15) is 0 Å². The molecule has 0 fully saturated rings. The van der Waals surface area contributed by atoms with Crippen molar-refractivity contribution in [2.24, 2.45) is 11.5 Å². The third kappa shape index (κ3) is 3.81. The highest BCUT2D eigenvalue weighted by Gasteiger charge is 2.25. The van der Waals surface area contributed by atoms with E-state index in [9.17, 15) is 4.79 Å². The first-order chi connectivity index (χ1) is 9.49. The molecule has 20 heavy (non-hydrogen) atoms. The molecule has 2 rings (SSSR count). The van der Waals surface area contributed by atoms with Gasteiger partial charge in [0.25, 0.3) is 0 Å². The second-order valence-electron chi connectivity index (χ2n) is 6.00. The Balaban J connectivity index is 1.81. The summed E-state index contributed by atoms with van der Waals surface area (Å²) in [6.45, 7) is 4.85. The molecule has 1 atom stereocenters. The van der Waals surface area contributed by atoms with E-state index in [4.69, 9.17) is 11.5 Å². The summed E-state index contributed by atoms with van der Waals surface area (Å²) in [5, 5.41) is 0. The maximum atomic E-state index is 11.2. The first-order valence-corrected chi connectivity index (χ1v) is 7.37. The van der Waals surface area contributed by atoms with Crippen LogP contribution in [0, 0.1) is 0 Å². The maximum absolute atomic E-state index is 11.2. The summed E-state index contributed by atoms with van der Waals surface area (Å²) < 4.78 is 0. The number of nitrogens with two attached hydrogens (primary N) is 2. The average Bonchev–Trinajstić information content (AvgIpc) is 2.61. The molecule has 110 valence electrons. The Kier molecular flexibility index (Phi) is 4.78. The molecule has 1 heterocycles. The number of amides is 1. The van der Waals surface area contributed by atoms with Crippen molar-refractivity contribution in [2.45, 2.75) is 38.1 Å². The summed E-state index contributed by atoms with van der Waals surface area (Å²) in [5.74, 6) is -0.416. The third-order valence-electron chi connectivity index (χ3n) is 4.25. The predicted octanol–water partition coefficient (Wildman–Crippen LogP) is 1.07. The Hall–Kier alpha value is -1.39. The number of hydrogen-bond donors (Lipinski definition) is 2. The molecular weight excluding hydrogens is 250 g/mol. The lowest BCUT2D eigenvalue weighted by Crippen LogP contribution is -2.49. The van der Waals surface area contributed by atoms with Crippen molar-refractivity contribution in [3.05, 3.63) is 35.4 Å². The van der Waals surface area contributed by atoms with Crippen LogP contribution in [-0.2, 0) is 17.6 Å². The van der Waals surface area contributed by atoms with Gasteiger partial charge >= 0.3 is 0 Å². The van der Waals surface area contributed by atoms with E-state index in [1.165, 1.54) is 11.1 Å². The zero-order valence-corrected chi connectivity index (χ0v) is 12.3. The number of carbonyl (C=O) groups excluding carboxylic acids is 1. The highest BCUT2D eigenvalue weighted by atomic mass is 16.1. The smallest absolute Gasteiger partial charge is 0.237 e. The summed E-state index contributed by atoms with van der Waals surface area (Å²) in [4.78, 5) is 13.6. The van der Waals surface area contributed by atoms with Crippen LogP contribution >= 0.6 is 0 Å². The topological polar surface area (TPSA) is 72.3 Å². The zero-order valence-electron chi connectivity index (χ0n) is 12.3. The van der Waals surface area contributed by atoms with E-state index in [1.807, 2.05) is 0 Å². The van der Waals surface area contributed by atoms with Gasteiger partial charge in [-0.1, -0.05) is 24.3 Å². The number of hydrogen-bond acceptors (Lipinski definition) is 3. The average molecular weight is 275 g/mol. The molecule has 4 N–H and O–H groups in total. The minimum atomic E-state index is -0.880. The highest BCUT2D eigenvalue weighted by Crippen LogP contribution is 2.16. The first kappa shape index (κ1) is 15.0. The van der Waals surface area contributed by atoms with Gasteiger partial charge < -0.3 is 16.4 Å². The largest absolute Gasteiger partial charge is 0.368 e. The van der Waals surface area contributed by atoms with Crippen LogP contribution in [0.3, 0.4) is 0 Å². The van der Waals surface area contributed by atoms with Crippen molar-refractivity contribution >= 4 is 5.91 Å². The molecule has 0 saturated carbocycles. The standard InChI is InChI=1S/C16H25N3O/c1-16(18,15(17)20)9-4-10-19-11-7-13-5-2-3-6-14(13)8-12-19/h2-3,5-6H,4,7-12,18H2,1H3,(H2,17,20). The molecule has 0 aromatic heterocycles. The quantitative estimate of drug-likeness (QED) is 0.844. The number of nitrogens with zero attached hydrogens (tertiary/aromatic N) is 1. The second kappa shape index (κ2) is 6.37. The van der Waals surface area contributed by atoms with Crippen LogP contribution in [-0.4, -0.2) is 36.0 Å². The van der Waals surface area contributed by atoms with Crippen molar-refractivity contribution in [3.8, 4) is 0 Å².